The van der Waals surface area contributed by atoms with E-state index in [2.05, 4.69) is 70.1 Å². The van der Waals surface area contributed by atoms with Gasteiger partial charge in [-0.3, -0.25) is 4.90 Å². The Kier molecular flexibility index (Phi) is 4.91. The third kappa shape index (κ3) is 3.81. The van der Waals surface area contributed by atoms with Crippen LogP contribution in [0, 0.1) is 0 Å². The first-order valence-electron chi connectivity index (χ1n) is 8.86. The van der Waals surface area contributed by atoms with Crippen LogP contribution >= 0.6 is 0 Å². The van der Waals surface area contributed by atoms with Crippen LogP contribution in [0.25, 0.3) is 17.1 Å². The number of morpholine rings is 1. The molecule has 4 nitrogen and oxygen atoms in total. The zero-order valence-corrected chi connectivity index (χ0v) is 14.3. The Morgan fingerprint density at radius 1 is 0.960 bits per heavy atom. The maximum atomic E-state index is 5.46. The molecular weight excluding hydrogens is 310 g/mol. The van der Waals surface area contributed by atoms with E-state index >= 15 is 0 Å². The van der Waals surface area contributed by atoms with E-state index in [1.807, 2.05) is 6.07 Å². The normalized spacial score (nSPS) is 16.0. The molecule has 0 amide bonds. The van der Waals surface area contributed by atoms with Gasteiger partial charge in [0.05, 0.1) is 30.8 Å². The summed E-state index contributed by atoms with van der Waals surface area (Å²) in [4.78, 5) is 7.30. The van der Waals surface area contributed by atoms with E-state index in [0.717, 1.165) is 50.7 Å². The van der Waals surface area contributed by atoms with E-state index in [9.17, 15) is 0 Å². The first kappa shape index (κ1) is 16.1. The lowest BCUT2D eigenvalue weighted by Crippen LogP contribution is -2.36. The smallest absolute Gasteiger partial charge is 0.124 e. The van der Waals surface area contributed by atoms with Crippen LogP contribution in [0.15, 0.2) is 60.7 Å². The Labute approximate surface area is 148 Å². The molecule has 0 spiro atoms. The molecule has 2 aromatic carbocycles. The summed E-state index contributed by atoms with van der Waals surface area (Å²) in [6.07, 6.45) is 4.39. The number of allylic oxidation sites excluding steroid dienone is 1. The van der Waals surface area contributed by atoms with Gasteiger partial charge in [-0.25, -0.2) is 4.98 Å². The molecule has 0 aliphatic carbocycles. The van der Waals surface area contributed by atoms with Crippen LogP contribution in [0.3, 0.4) is 0 Å². The average molecular weight is 333 g/mol. The molecule has 128 valence electrons. The zero-order valence-electron chi connectivity index (χ0n) is 14.3. The van der Waals surface area contributed by atoms with Crippen LogP contribution in [0.1, 0.15) is 11.4 Å². The summed E-state index contributed by atoms with van der Waals surface area (Å²) in [7, 11) is 0. The molecule has 25 heavy (non-hydrogen) atoms. The molecule has 1 saturated heterocycles. The van der Waals surface area contributed by atoms with Gasteiger partial charge in [0, 0.05) is 19.6 Å². The van der Waals surface area contributed by atoms with Crippen molar-refractivity contribution < 1.29 is 4.74 Å². The summed E-state index contributed by atoms with van der Waals surface area (Å²) in [5, 5.41) is 0. The van der Waals surface area contributed by atoms with Crippen molar-refractivity contribution in [2.24, 2.45) is 0 Å². The van der Waals surface area contributed by atoms with Gasteiger partial charge in [-0.15, -0.1) is 0 Å². The number of aromatic nitrogens is 2. The van der Waals surface area contributed by atoms with Crippen LogP contribution < -0.4 is 0 Å². The van der Waals surface area contributed by atoms with E-state index < -0.39 is 0 Å². The van der Waals surface area contributed by atoms with Crippen molar-refractivity contribution in [3.8, 4) is 0 Å². The quantitative estimate of drug-likeness (QED) is 0.715. The van der Waals surface area contributed by atoms with Gasteiger partial charge in [-0.2, -0.15) is 0 Å². The number of hydrogen-bond acceptors (Lipinski definition) is 3. The summed E-state index contributed by atoms with van der Waals surface area (Å²) in [5.74, 6) is 1.13. The van der Waals surface area contributed by atoms with Crippen molar-refractivity contribution in [1.29, 1.82) is 0 Å². The highest BCUT2D eigenvalue weighted by atomic mass is 16.5. The summed E-state index contributed by atoms with van der Waals surface area (Å²) in [6.45, 7) is 5.28. The standard InChI is InChI=1S/C21H23N3O/c1-2-7-18(8-3-1)9-6-12-24-20-11-5-4-10-19(20)22-21(24)17-23-13-15-25-16-14-23/h1-11H,12-17H2/b9-6+. The molecular formula is C21H23N3O. The summed E-state index contributed by atoms with van der Waals surface area (Å²) in [5.41, 5.74) is 3.49. The highest BCUT2D eigenvalue weighted by Gasteiger charge is 2.15. The Bertz CT molecular complexity index is 848. The van der Waals surface area contributed by atoms with Crippen molar-refractivity contribution in [3.05, 3.63) is 72.1 Å². The van der Waals surface area contributed by atoms with E-state index in [1.165, 1.54) is 11.1 Å². The molecule has 0 bridgehead atoms. The molecule has 1 aliphatic rings. The van der Waals surface area contributed by atoms with Gasteiger partial charge < -0.3 is 9.30 Å². The second kappa shape index (κ2) is 7.64. The third-order valence-electron chi connectivity index (χ3n) is 4.60. The van der Waals surface area contributed by atoms with Crippen molar-refractivity contribution in [2.75, 3.05) is 26.3 Å². The van der Waals surface area contributed by atoms with Crippen molar-refractivity contribution in [2.45, 2.75) is 13.1 Å². The Morgan fingerprint density at radius 2 is 1.72 bits per heavy atom. The zero-order chi connectivity index (χ0) is 16.9. The van der Waals surface area contributed by atoms with Crippen molar-refractivity contribution >= 4 is 17.1 Å². The first-order valence-corrected chi connectivity index (χ1v) is 8.86. The van der Waals surface area contributed by atoms with Gasteiger partial charge in [0.15, 0.2) is 0 Å². The second-order valence-electron chi connectivity index (χ2n) is 6.33. The highest BCUT2D eigenvalue weighted by Crippen LogP contribution is 2.18. The fourth-order valence-corrected chi connectivity index (χ4v) is 3.27. The van der Waals surface area contributed by atoms with Gasteiger partial charge in [-0.05, 0) is 17.7 Å². The van der Waals surface area contributed by atoms with E-state index in [0.29, 0.717) is 0 Å². The number of imidazole rings is 1. The average Bonchev–Trinajstić information content (AvgIpc) is 3.01. The van der Waals surface area contributed by atoms with Gasteiger partial charge in [-0.1, -0.05) is 54.6 Å². The molecule has 0 unspecified atom stereocenters. The summed E-state index contributed by atoms with van der Waals surface area (Å²) in [6, 6.07) is 18.8. The lowest BCUT2D eigenvalue weighted by Gasteiger charge is -2.26. The van der Waals surface area contributed by atoms with Crippen LogP contribution in [-0.4, -0.2) is 40.8 Å². The molecule has 4 heteroatoms. The highest BCUT2D eigenvalue weighted by molar-refractivity contribution is 5.76. The van der Waals surface area contributed by atoms with Gasteiger partial charge in [0.2, 0.25) is 0 Å². The molecule has 0 atom stereocenters. The lowest BCUT2D eigenvalue weighted by atomic mass is 10.2. The van der Waals surface area contributed by atoms with E-state index in [-0.39, 0.29) is 0 Å². The van der Waals surface area contributed by atoms with Gasteiger partial charge in [0.25, 0.3) is 0 Å². The summed E-state index contributed by atoms with van der Waals surface area (Å²) >= 11 is 0. The first-order chi connectivity index (χ1) is 12.4. The predicted octanol–water partition coefficient (Wildman–Crippen LogP) is 3.58. The summed E-state index contributed by atoms with van der Waals surface area (Å²) < 4.78 is 7.78. The predicted molar refractivity (Wildman–Crippen MR) is 101 cm³/mol. The molecule has 0 radical (unpaired) electrons. The number of benzene rings is 2. The molecule has 1 aromatic heterocycles. The van der Waals surface area contributed by atoms with Crippen LogP contribution in [-0.2, 0) is 17.8 Å². The molecule has 4 rings (SSSR count). The van der Waals surface area contributed by atoms with Gasteiger partial charge in [0.1, 0.15) is 5.82 Å². The fraction of sp³-hybridized carbons (Fsp3) is 0.286. The topological polar surface area (TPSA) is 30.3 Å². The van der Waals surface area contributed by atoms with E-state index in [1.54, 1.807) is 0 Å². The minimum Gasteiger partial charge on any atom is -0.379 e. The second-order valence-corrected chi connectivity index (χ2v) is 6.33. The van der Waals surface area contributed by atoms with Crippen molar-refractivity contribution in [1.82, 2.24) is 14.5 Å². The lowest BCUT2D eigenvalue weighted by molar-refractivity contribution is 0.0327. The maximum absolute atomic E-state index is 5.46. The number of hydrogen-bond donors (Lipinski definition) is 0. The minimum atomic E-state index is 0.814. The molecule has 3 aromatic rings. The Hall–Kier alpha value is -2.43. The number of nitrogens with zero attached hydrogens (tertiary/aromatic N) is 3. The monoisotopic (exact) mass is 333 g/mol. The minimum absolute atomic E-state index is 0.814. The Balaban J connectivity index is 1.58. The van der Waals surface area contributed by atoms with Crippen LogP contribution in [0.4, 0.5) is 0 Å². The fourth-order valence-electron chi connectivity index (χ4n) is 3.27. The van der Waals surface area contributed by atoms with Crippen molar-refractivity contribution in [3.63, 3.8) is 0 Å². The third-order valence-corrected chi connectivity index (χ3v) is 4.60. The molecule has 1 aliphatic heterocycles. The molecule has 2 heterocycles. The molecule has 0 saturated carbocycles. The van der Waals surface area contributed by atoms with Gasteiger partial charge >= 0.3 is 0 Å². The number of ether oxygens (including phenoxy) is 1. The SMILES string of the molecule is C(=C\c1ccccc1)/Cn1c(CN2CCOCC2)nc2ccccc21. The van der Waals surface area contributed by atoms with Crippen LogP contribution in [0.5, 0.6) is 0 Å². The largest absolute Gasteiger partial charge is 0.379 e. The van der Waals surface area contributed by atoms with E-state index in [4.69, 9.17) is 9.72 Å². The molecule has 1 fully saturated rings. The van der Waals surface area contributed by atoms with Crippen LogP contribution in [0.2, 0.25) is 0 Å². The number of fused-ring (bicyclic) bond motifs is 1. The molecule has 0 N–H and O–H groups in total. The Morgan fingerprint density at radius 3 is 2.56 bits per heavy atom. The number of para-hydroxylation sites is 2. The number of rotatable bonds is 5. The maximum Gasteiger partial charge on any atom is 0.124 e.